The van der Waals surface area contributed by atoms with Gasteiger partial charge in [-0.2, -0.15) is 0 Å². The number of likely N-dealkylation sites (tertiary alicyclic amines) is 1. The zero-order valence-corrected chi connectivity index (χ0v) is 15.6. The number of carboxylic acids is 1. The minimum Gasteiger partial charge on any atom is -0.481 e. The SMILES string of the molecule is CC(C)(C)c1ccc(SCC(=O)N2CCC(CC(=O)O)CC2)cc1. The number of rotatable bonds is 5. The molecule has 1 aliphatic heterocycles. The van der Waals surface area contributed by atoms with E-state index in [2.05, 4.69) is 45.0 Å². The Morgan fingerprint density at radius 2 is 1.75 bits per heavy atom. The number of hydrogen-bond donors (Lipinski definition) is 1. The van der Waals surface area contributed by atoms with E-state index in [-0.39, 0.29) is 23.7 Å². The van der Waals surface area contributed by atoms with E-state index in [1.165, 1.54) is 5.56 Å². The summed E-state index contributed by atoms with van der Waals surface area (Å²) in [5.41, 5.74) is 1.43. The topological polar surface area (TPSA) is 57.6 Å². The number of amides is 1. The van der Waals surface area contributed by atoms with E-state index in [1.54, 1.807) is 11.8 Å². The maximum atomic E-state index is 12.3. The Morgan fingerprint density at radius 3 is 2.25 bits per heavy atom. The molecular weight excluding hydrogens is 322 g/mol. The summed E-state index contributed by atoms with van der Waals surface area (Å²) in [6, 6.07) is 8.42. The van der Waals surface area contributed by atoms with Gasteiger partial charge in [0.05, 0.1) is 5.75 Å². The molecule has 1 aromatic carbocycles. The van der Waals surface area contributed by atoms with Crippen molar-refractivity contribution in [1.29, 1.82) is 0 Å². The number of carbonyl (C=O) groups is 2. The van der Waals surface area contributed by atoms with Gasteiger partial charge in [-0.25, -0.2) is 0 Å². The molecule has 1 fully saturated rings. The zero-order chi connectivity index (χ0) is 17.7. The van der Waals surface area contributed by atoms with Gasteiger partial charge in [0.1, 0.15) is 0 Å². The van der Waals surface area contributed by atoms with Crippen molar-refractivity contribution >= 4 is 23.6 Å². The quantitative estimate of drug-likeness (QED) is 0.822. The average Bonchev–Trinajstić information content (AvgIpc) is 2.52. The second-order valence-corrected chi connectivity index (χ2v) is 8.53. The van der Waals surface area contributed by atoms with Gasteiger partial charge in [-0.15, -0.1) is 11.8 Å². The van der Waals surface area contributed by atoms with E-state index in [9.17, 15) is 9.59 Å². The first-order chi connectivity index (χ1) is 11.3. The van der Waals surface area contributed by atoms with E-state index >= 15 is 0 Å². The minimum absolute atomic E-state index is 0.138. The average molecular weight is 349 g/mol. The van der Waals surface area contributed by atoms with Gasteiger partial charge in [0, 0.05) is 24.4 Å². The fraction of sp³-hybridized carbons (Fsp3) is 0.579. The molecule has 0 radical (unpaired) electrons. The number of benzene rings is 1. The fourth-order valence-electron chi connectivity index (χ4n) is 2.92. The van der Waals surface area contributed by atoms with E-state index in [4.69, 9.17) is 5.11 Å². The van der Waals surface area contributed by atoms with E-state index in [0.717, 1.165) is 17.7 Å². The van der Waals surface area contributed by atoms with Crippen LogP contribution in [0.2, 0.25) is 0 Å². The van der Waals surface area contributed by atoms with Crippen molar-refractivity contribution in [1.82, 2.24) is 4.90 Å². The van der Waals surface area contributed by atoms with E-state index in [0.29, 0.717) is 18.8 Å². The van der Waals surface area contributed by atoms with Crippen LogP contribution < -0.4 is 0 Å². The molecule has 1 saturated heterocycles. The summed E-state index contributed by atoms with van der Waals surface area (Å²) >= 11 is 1.57. The molecule has 1 heterocycles. The van der Waals surface area contributed by atoms with Crippen LogP contribution in [-0.4, -0.2) is 40.7 Å². The first kappa shape index (κ1) is 18.8. The molecule has 1 N–H and O–H groups in total. The lowest BCUT2D eigenvalue weighted by atomic mass is 9.87. The Labute approximate surface area is 148 Å². The second-order valence-electron chi connectivity index (χ2n) is 7.49. The van der Waals surface area contributed by atoms with Crippen LogP contribution in [0.1, 0.15) is 45.6 Å². The number of thioether (sulfide) groups is 1. The Kier molecular flexibility index (Phi) is 6.33. The number of nitrogens with zero attached hydrogens (tertiary/aromatic N) is 1. The Bertz CT molecular complexity index is 569. The molecule has 0 aliphatic carbocycles. The molecule has 2 rings (SSSR count). The maximum Gasteiger partial charge on any atom is 0.303 e. The van der Waals surface area contributed by atoms with Crippen molar-refractivity contribution in [2.24, 2.45) is 5.92 Å². The van der Waals surface area contributed by atoms with Crippen LogP contribution in [0, 0.1) is 5.92 Å². The van der Waals surface area contributed by atoms with Crippen molar-refractivity contribution in [2.45, 2.75) is 50.3 Å². The van der Waals surface area contributed by atoms with Gasteiger partial charge in [0.25, 0.3) is 0 Å². The van der Waals surface area contributed by atoms with Crippen LogP contribution in [0.15, 0.2) is 29.2 Å². The smallest absolute Gasteiger partial charge is 0.303 e. The summed E-state index contributed by atoms with van der Waals surface area (Å²) in [5.74, 6) is 0.0604. The van der Waals surface area contributed by atoms with Crippen LogP contribution in [0.4, 0.5) is 0 Å². The molecular formula is C19H27NO3S. The number of aliphatic carboxylic acids is 1. The Morgan fingerprint density at radius 1 is 1.17 bits per heavy atom. The normalized spacial score (nSPS) is 16.2. The minimum atomic E-state index is -0.742. The van der Waals surface area contributed by atoms with Crippen molar-refractivity contribution in [3.05, 3.63) is 29.8 Å². The third kappa shape index (κ3) is 5.55. The van der Waals surface area contributed by atoms with Crippen LogP contribution in [-0.2, 0) is 15.0 Å². The van der Waals surface area contributed by atoms with Gasteiger partial charge in [-0.3, -0.25) is 9.59 Å². The molecule has 0 bridgehead atoms. The highest BCUT2D eigenvalue weighted by Crippen LogP contribution is 2.26. The molecule has 1 aromatic rings. The second kappa shape index (κ2) is 8.06. The van der Waals surface area contributed by atoms with Gasteiger partial charge in [0.15, 0.2) is 0 Å². The van der Waals surface area contributed by atoms with Crippen molar-refractivity contribution in [3.8, 4) is 0 Å². The predicted octanol–water partition coefficient (Wildman–Crippen LogP) is 3.79. The number of carboxylic acid groups (broad SMARTS) is 1. The van der Waals surface area contributed by atoms with Crippen molar-refractivity contribution in [3.63, 3.8) is 0 Å². The Balaban J connectivity index is 1.78. The summed E-state index contributed by atoms with van der Waals surface area (Å²) in [7, 11) is 0. The lowest BCUT2D eigenvalue weighted by molar-refractivity contribution is -0.138. The largest absolute Gasteiger partial charge is 0.481 e. The number of piperidine rings is 1. The molecule has 0 atom stereocenters. The number of hydrogen-bond acceptors (Lipinski definition) is 3. The molecule has 5 heteroatoms. The standard InChI is InChI=1S/C19H27NO3S/c1-19(2,3)15-4-6-16(7-5-15)24-13-17(21)20-10-8-14(9-11-20)12-18(22)23/h4-7,14H,8-13H2,1-3H3,(H,22,23). The lowest BCUT2D eigenvalue weighted by Crippen LogP contribution is -2.39. The van der Waals surface area contributed by atoms with Crippen LogP contribution >= 0.6 is 11.8 Å². The fourth-order valence-corrected chi connectivity index (χ4v) is 3.72. The summed E-state index contributed by atoms with van der Waals surface area (Å²) in [5, 5.41) is 8.84. The molecule has 132 valence electrons. The Hall–Kier alpha value is -1.49. The monoisotopic (exact) mass is 349 g/mol. The third-order valence-corrected chi connectivity index (χ3v) is 5.51. The zero-order valence-electron chi connectivity index (χ0n) is 14.7. The number of carbonyl (C=O) groups excluding carboxylic acids is 1. The first-order valence-corrected chi connectivity index (χ1v) is 9.47. The van der Waals surface area contributed by atoms with Gasteiger partial charge in [-0.05, 0) is 41.9 Å². The third-order valence-electron chi connectivity index (χ3n) is 4.51. The van der Waals surface area contributed by atoms with E-state index < -0.39 is 5.97 Å². The van der Waals surface area contributed by atoms with Crippen LogP contribution in [0.5, 0.6) is 0 Å². The van der Waals surface area contributed by atoms with E-state index in [1.807, 2.05) is 4.90 Å². The molecule has 4 nitrogen and oxygen atoms in total. The summed E-state index contributed by atoms with van der Waals surface area (Å²) in [6.45, 7) is 7.92. The molecule has 0 saturated carbocycles. The molecule has 24 heavy (non-hydrogen) atoms. The molecule has 1 amide bonds. The van der Waals surface area contributed by atoms with Gasteiger partial charge in [0.2, 0.25) is 5.91 Å². The highest BCUT2D eigenvalue weighted by Gasteiger charge is 2.24. The predicted molar refractivity (Wildman–Crippen MR) is 97.4 cm³/mol. The molecule has 0 unspecified atom stereocenters. The molecule has 0 spiro atoms. The highest BCUT2D eigenvalue weighted by atomic mass is 32.2. The molecule has 1 aliphatic rings. The summed E-state index contributed by atoms with van der Waals surface area (Å²) in [6.07, 6.45) is 1.81. The van der Waals surface area contributed by atoms with Gasteiger partial charge in [-0.1, -0.05) is 32.9 Å². The van der Waals surface area contributed by atoms with Crippen LogP contribution in [0.3, 0.4) is 0 Å². The molecule has 0 aromatic heterocycles. The lowest BCUT2D eigenvalue weighted by Gasteiger charge is -2.31. The van der Waals surface area contributed by atoms with Gasteiger partial charge < -0.3 is 10.0 Å². The van der Waals surface area contributed by atoms with Crippen molar-refractivity contribution < 1.29 is 14.7 Å². The van der Waals surface area contributed by atoms with Gasteiger partial charge >= 0.3 is 5.97 Å². The maximum absolute atomic E-state index is 12.3. The van der Waals surface area contributed by atoms with Crippen LogP contribution in [0.25, 0.3) is 0 Å². The summed E-state index contributed by atoms with van der Waals surface area (Å²) in [4.78, 5) is 26.0. The summed E-state index contributed by atoms with van der Waals surface area (Å²) < 4.78 is 0. The van der Waals surface area contributed by atoms with Crippen molar-refractivity contribution in [2.75, 3.05) is 18.8 Å². The highest BCUT2D eigenvalue weighted by molar-refractivity contribution is 8.00. The first-order valence-electron chi connectivity index (χ1n) is 8.48.